The molecule has 2 aliphatic carbocycles. The largest absolute Gasteiger partial charge is 0.335 e. The second-order valence-corrected chi connectivity index (χ2v) is 28.3. The Labute approximate surface area is 336 Å². The van der Waals surface area contributed by atoms with E-state index in [2.05, 4.69) is 171 Å². The fourth-order valence-corrected chi connectivity index (χ4v) is 14.3. The van der Waals surface area contributed by atoms with Gasteiger partial charge in [-0.3, -0.25) is 0 Å². The molecule has 10 rings (SSSR count). The van der Waals surface area contributed by atoms with E-state index in [0.29, 0.717) is 0 Å². The lowest BCUT2D eigenvalue weighted by Gasteiger charge is -2.52. The molecule has 0 spiro atoms. The van der Waals surface area contributed by atoms with Crippen LogP contribution in [0.3, 0.4) is 0 Å². The predicted molar refractivity (Wildman–Crippen MR) is 246 cm³/mol. The third-order valence-corrected chi connectivity index (χ3v) is 18.8. The third-order valence-electron chi connectivity index (χ3n) is 15.6. The average Bonchev–Trinajstić information content (AvgIpc) is 3.57. The fraction of sp³-hybridized carbons (Fsp3) is 0.480. The molecule has 3 aliphatic heterocycles. The summed E-state index contributed by atoms with van der Waals surface area (Å²) in [6.07, 6.45) is 7.56. The maximum Gasteiger partial charge on any atom is 0.264 e. The summed E-state index contributed by atoms with van der Waals surface area (Å²) in [6, 6.07) is 25.5. The second-order valence-electron chi connectivity index (χ2n) is 22.1. The molecule has 5 aliphatic rings. The Bertz CT molecular complexity index is 2480. The van der Waals surface area contributed by atoms with Crippen molar-refractivity contribution in [3.8, 4) is 0 Å². The number of fused-ring (bicyclic) bond motifs is 10. The third kappa shape index (κ3) is 4.72. The lowest BCUT2D eigenvalue weighted by molar-refractivity contribution is 0.195. The molecule has 0 saturated heterocycles. The first-order valence-electron chi connectivity index (χ1n) is 21.3. The second kappa shape index (κ2) is 11.0. The maximum absolute atomic E-state index is 2.91. The summed E-state index contributed by atoms with van der Waals surface area (Å²) < 4.78 is 2.98. The van der Waals surface area contributed by atoms with Gasteiger partial charge in [-0.25, -0.2) is 0 Å². The average molecular weight is 761 g/mol. The zero-order valence-electron chi connectivity index (χ0n) is 35.9. The Kier molecular flexibility index (Phi) is 7.22. The smallest absolute Gasteiger partial charge is 0.264 e. The van der Waals surface area contributed by atoms with Gasteiger partial charge < -0.3 is 9.80 Å². The molecule has 4 aromatic carbocycles. The van der Waals surface area contributed by atoms with Crippen molar-refractivity contribution in [2.24, 2.45) is 0 Å². The number of anilines is 5. The molecule has 1 saturated carbocycles. The minimum Gasteiger partial charge on any atom is -0.335 e. The summed E-state index contributed by atoms with van der Waals surface area (Å²) >= 11 is 2.10. The number of benzene rings is 4. The number of rotatable bonds is 2. The quantitative estimate of drug-likeness (QED) is 0.162. The molecule has 284 valence electrons. The topological polar surface area (TPSA) is 6.48 Å². The predicted octanol–water partition coefficient (Wildman–Crippen LogP) is 11.8. The van der Waals surface area contributed by atoms with Crippen molar-refractivity contribution in [1.29, 1.82) is 0 Å². The minimum atomic E-state index is -1.66. The highest BCUT2D eigenvalue weighted by atomic mass is 32.1. The molecule has 4 heterocycles. The molecule has 5 aromatic rings. The van der Waals surface area contributed by atoms with Gasteiger partial charge in [-0.2, -0.15) is 0 Å². The van der Waals surface area contributed by atoms with Gasteiger partial charge in [0.25, 0.3) is 6.71 Å². The SMILES string of the molecule is Cc1cc2c3c(c1)N1c4c(cc([Si](C)(C)C)cc4C4(C)CCCCC14C)B3c1sc3cc4c(cc3c1N2c1ccc(C(C)(C)C)cc1)C(C)(C)CCC4(C)C. The molecular weight excluding hydrogens is 700 g/mol. The van der Waals surface area contributed by atoms with Crippen LogP contribution in [-0.4, -0.2) is 20.3 Å². The van der Waals surface area contributed by atoms with Crippen molar-refractivity contribution in [1.82, 2.24) is 0 Å². The summed E-state index contributed by atoms with van der Waals surface area (Å²) in [5.41, 5.74) is 18.2. The number of hydrogen-bond donors (Lipinski definition) is 0. The molecule has 0 amide bonds. The summed E-state index contributed by atoms with van der Waals surface area (Å²) in [4.78, 5) is 5.62. The van der Waals surface area contributed by atoms with Crippen molar-refractivity contribution in [3.05, 3.63) is 88.5 Å². The van der Waals surface area contributed by atoms with Crippen molar-refractivity contribution in [2.45, 2.75) is 155 Å². The van der Waals surface area contributed by atoms with E-state index in [0.717, 1.165) is 0 Å². The Morgan fingerprint density at radius 1 is 0.709 bits per heavy atom. The molecule has 2 nitrogen and oxygen atoms in total. The van der Waals surface area contributed by atoms with Crippen molar-refractivity contribution in [2.75, 3.05) is 9.80 Å². The first kappa shape index (κ1) is 36.1. The van der Waals surface area contributed by atoms with Gasteiger partial charge in [-0.15, -0.1) is 11.3 Å². The monoisotopic (exact) mass is 760 g/mol. The van der Waals surface area contributed by atoms with Gasteiger partial charge in [0, 0.05) is 43.0 Å². The van der Waals surface area contributed by atoms with Crippen LogP contribution in [-0.2, 0) is 21.7 Å². The number of hydrogen-bond acceptors (Lipinski definition) is 3. The van der Waals surface area contributed by atoms with Gasteiger partial charge in [0.1, 0.15) is 0 Å². The fourth-order valence-electron chi connectivity index (χ4n) is 11.8. The Hall–Kier alpha value is -3.28. The number of aryl methyl sites for hydroxylation is 1. The van der Waals surface area contributed by atoms with Crippen LogP contribution >= 0.6 is 11.3 Å². The van der Waals surface area contributed by atoms with E-state index in [1.54, 1.807) is 33.0 Å². The standard InChI is InChI=1S/C50H61BN2SSi/c1-30-24-39-42-40(25-30)53-44-37(49(9)20-14-15-21-50(49,53)10)26-33(55(11,12)13)27-38(44)51(42)45-43(52(39)32-18-16-31(17-19-32)46(2,3)4)34-28-35-36(29-41(34)54-45)48(7,8)23-22-47(35,5)6/h16-19,24-29H,14-15,20-23H2,1-13H3. The zero-order chi connectivity index (χ0) is 39.0. The molecule has 0 radical (unpaired) electrons. The van der Waals surface area contributed by atoms with Crippen LogP contribution in [0.2, 0.25) is 19.6 Å². The van der Waals surface area contributed by atoms with Crippen molar-refractivity contribution in [3.63, 3.8) is 0 Å². The van der Waals surface area contributed by atoms with E-state index in [1.165, 1.54) is 92.7 Å². The zero-order valence-corrected chi connectivity index (χ0v) is 37.7. The minimum absolute atomic E-state index is 0.0305. The van der Waals surface area contributed by atoms with E-state index >= 15 is 0 Å². The van der Waals surface area contributed by atoms with Crippen LogP contribution in [0.25, 0.3) is 10.1 Å². The van der Waals surface area contributed by atoms with Gasteiger partial charge >= 0.3 is 0 Å². The molecule has 1 aromatic heterocycles. The van der Waals surface area contributed by atoms with Crippen LogP contribution in [0, 0.1) is 6.92 Å². The van der Waals surface area contributed by atoms with Crippen LogP contribution in [0.4, 0.5) is 28.4 Å². The lowest BCUT2D eigenvalue weighted by Crippen LogP contribution is -2.64. The van der Waals surface area contributed by atoms with Crippen LogP contribution in [0.5, 0.6) is 0 Å². The highest BCUT2D eigenvalue weighted by Gasteiger charge is 2.62. The first-order valence-corrected chi connectivity index (χ1v) is 25.6. The van der Waals surface area contributed by atoms with Gasteiger partial charge in [-0.05, 0) is 131 Å². The van der Waals surface area contributed by atoms with Crippen LogP contribution in [0.1, 0.15) is 129 Å². The summed E-state index contributed by atoms with van der Waals surface area (Å²) in [6.45, 7) is 32.4. The molecule has 2 unspecified atom stereocenters. The number of thiophene rings is 1. The number of nitrogens with zero attached hydrogens (tertiary/aromatic N) is 2. The molecule has 0 bridgehead atoms. The molecule has 1 fully saturated rings. The molecule has 0 N–H and O–H groups in total. The van der Waals surface area contributed by atoms with Crippen molar-refractivity contribution >= 4 is 85.5 Å². The van der Waals surface area contributed by atoms with Crippen LogP contribution in [0.15, 0.2) is 60.7 Å². The summed E-state index contributed by atoms with van der Waals surface area (Å²) in [5, 5.41) is 3.06. The molecule has 55 heavy (non-hydrogen) atoms. The Balaban J connectivity index is 1.35. The Morgan fingerprint density at radius 2 is 1.35 bits per heavy atom. The van der Waals surface area contributed by atoms with Gasteiger partial charge in [0.2, 0.25) is 0 Å². The van der Waals surface area contributed by atoms with Crippen LogP contribution < -0.4 is 30.7 Å². The van der Waals surface area contributed by atoms with Crippen molar-refractivity contribution < 1.29 is 0 Å². The van der Waals surface area contributed by atoms with E-state index < -0.39 is 8.07 Å². The van der Waals surface area contributed by atoms with E-state index in [9.17, 15) is 0 Å². The van der Waals surface area contributed by atoms with E-state index in [1.807, 2.05) is 0 Å². The maximum atomic E-state index is 2.91. The van der Waals surface area contributed by atoms with Gasteiger partial charge in [0.05, 0.1) is 19.3 Å². The Morgan fingerprint density at radius 3 is 2.00 bits per heavy atom. The summed E-state index contributed by atoms with van der Waals surface area (Å²) in [5.74, 6) is 0. The normalized spacial score (nSPS) is 24.3. The van der Waals surface area contributed by atoms with Gasteiger partial charge in [-0.1, -0.05) is 117 Å². The lowest BCUT2D eigenvalue weighted by atomic mass is 9.36. The highest BCUT2D eigenvalue weighted by Crippen LogP contribution is 2.62. The molecular formula is C50H61BN2SSi. The highest BCUT2D eigenvalue weighted by molar-refractivity contribution is 7.33. The van der Waals surface area contributed by atoms with Gasteiger partial charge in [0.15, 0.2) is 0 Å². The summed E-state index contributed by atoms with van der Waals surface area (Å²) in [7, 11) is -1.66. The molecule has 5 heteroatoms. The van der Waals surface area contributed by atoms with E-state index in [4.69, 9.17) is 0 Å². The first-order chi connectivity index (χ1) is 25.7. The van der Waals surface area contributed by atoms with E-state index in [-0.39, 0.29) is 33.9 Å². The molecule has 2 atom stereocenters.